The smallest absolute Gasteiger partial charge is 0.270 e. The fourth-order valence-corrected chi connectivity index (χ4v) is 3.92. The van der Waals surface area contributed by atoms with Crippen molar-refractivity contribution in [2.45, 2.75) is 44.6 Å². The van der Waals surface area contributed by atoms with Crippen LogP contribution in [0.5, 0.6) is 0 Å². The second-order valence-electron chi connectivity index (χ2n) is 8.05. The number of hydrogen-bond donors (Lipinski definition) is 4. The number of anilines is 1. The van der Waals surface area contributed by atoms with E-state index in [2.05, 4.69) is 20.8 Å². The van der Waals surface area contributed by atoms with Crippen LogP contribution in [0.15, 0.2) is 54.6 Å². The van der Waals surface area contributed by atoms with E-state index < -0.39 is 17.6 Å². The Labute approximate surface area is 203 Å². The molecular weight excluding hydrogens is 457 g/mol. The first-order valence-corrected chi connectivity index (χ1v) is 11.7. The number of amides is 2. The highest BCUT2D eigenvalue weighted by Crippen LogP contribution is 2.33. The second kappa shape index (κ2) is 12.7. The van der Waals surface area contributed by atoms with Gasteiger partial charge in [-0.15, -0.1) is 0 Å². The molecule has 1 aliphatic rings. The van der Waals surface area contributed by atoms with Crippen LogP contribution >= 0.6 is 11.6 Å². The summed E-state index contributed by atoms with van der Waals surface area (Å²) in [5.41, 5.74) is 5.95. The number of nitrogens with one attached hydrogen (secondary N) is 3. The van der Waals surface area contributed by atoms with Crippen molar-refractivity contribution in [3.05, 3.63) is 71.1 Å². The molecule has 1 aromatic heterocycles. The number of primary amides is 1. The van der Waals surface area contributed by atoms with Gasteiger partial charge in [0.25, 0.3) is 5.91 Å². The van der Waals surface area contributed by atoms with Crippen molar-refractivity contribution in [1.29, 1.82) is 0 Å². The van der Waals surface area contributed by atoms with E-state index in [4.69, 9.17) is 17.3 Å². The van der Waals surface area contributed by atoms with Gasteiger partial charge in [0.15, 0.2) is 5.82 Å². The monoisotopic (exact) mass is 485 g/mol. The number of rotatable bonds is 7. The Morgan fingerprint density at radius 3 is 2.35 bits per heavy atom. The molecule has 0 spiro atoms. The fraction of sp³-hybridized carbons (Fsp3) is 0.320. The molecule has 34 heavy (non-hydrogen) atoms. The van der Waals surface area contributed by atoms with Gasteiger partial charge in [-0.1, -0.05) is 67.3 Å². The first-order valence-electron chi connectivity index (χ1n) is 11.3. The molecule has 5 N–H and O–H groups in total. The molecule has 7 nitrogen and oxygen atoms in total. The van der Waals surface area contributed by atoms with Crippen molar-refractivity contribution in [2.75, 3.05) is 11.9 Å². The summed E-state index contributed by atoms with van der Waals surface area (Å²) >= 11 is 5.54. The van der Waals surface area contributed by atoms with Crippen LogP contribution in [0.2, 0.25) is 5.02 Å². The maximum atomic E-state index is 14.5. The number of nitrogens with zero attached hydrogens (tertiary/aromatic N) is 1. The first-order chi connectivity index (χ1) is 16.5. The lowest BCUT2D eigenvalue weighted by atomic mass is 9.95. The number of carbonyl (C=O) groups excluding carboxylic acids is 2. The average Bonchev–Trinajstić information content (AvgIpc) is 3.24. The summed E-state index contributed by atoms with van der Waals surface area (Å²) in [5.74, 6) is -0.934. The number of H-pyrrole nitrogens is 1. The lowest BCUT2D eigenvalue weighted by Gasteiger charge is -2.23. The normalized spacial score (nSPS) is 13.5. The van der Waals surface area contributed by atoms with Gasteiger partial charge in [-0.25, -0.2) is 4.39 Å². The van der Waals surface area contributed by atoms with Crippen LogP contribution in [0.25, 0.3) is 11.1 Å². The zero-order valence-electron chi connectivity index (χ0n) is 18.8. The van der Waals surface area contributed by atoms with Crippen molar-refractivity contribution in [1.82, 2.24) is 15.5 Å². The van der Waals surface area contributed by atoms with E-state index >= 15 is 0 Å². The minimum atomic E-state index is -0.506. The summed E-state index contributed by atoms with van der Waals surface area (Å²) < 4.78 is 14.5. The Kier molecular flexibility index (Phi) is 9.46. The highest BCUT2D eigenvalue weighted by Gasteiger charge is 2.25. The molecule has 0 aliphatic heterocycles. The molecule has 0 radical (unpaired) electrons. The van der Waals surface area contributed by atoms with E-state index in [1.165, 1.54) is 12.5 Å². The summed E-state index contributed by atoms with van der Waals surface area (Å²) in [5, 5.41) is 13.7. The Morgan fingerprint density at radius 2 is 1.74 bits per heavy atom. The van der Waals surface area contributed by atoms with Crippen LogP contribution in [0.3, 0.4) is 0 Å². The number of aromatic nitrogens is 2. The first kappa shape index (κ1) is 25.2. The SMILES string of the molecule is Clc1ccccc1.NC(=O)CCNC(=O)c1[nH]nc(NC2CCCCC2)c1-c1ccccc1F. The van der Waals surface area contributed by atoms with E-state index in [1.54, 1.807) is 18.2 Å². The number of aromatic amines is 1. The Morgan fingerprint density at radius 1 is 1.06 bits per heavy atom. The summed E-state index contributed by atoms with van der Waals surface area (Å²) in [6, 6.07) is 16.0. The van der Waals surface area contributed by atoms with Crippen molar-refractivity contribution >= 4 is 29.2 Å². The van der Waals surface area contributed by atoms with Gasteiger partial charge in [0.05, 0.1) is 5.56 Å². The molecule has 1 saturated carbocycles. The van der Waals surface area contributed by atoms with E-state index in [9.17, 15) is 14.0 Å². The van der Waals surface area contributed by atoms with Gasteiger partial charge in [-0.3, -0.25) is 14.7 Å². The third-order valence-corrected chi connectivity index (χ3v) is 5.72. The third kappa shape index (κ3) is 7.31. The topological polar surface area (TPSA) is 113 Å². The number of carbonyl (C=O) groups is 2. The molecule has 3 aromatic rings. The quantitative estimate of drug-likeness (QED) is 0.381. The van der Waals surface area contributed by atoms with Crippen LogP contribution in [-0.2, 0) is 4.79 Å². The molecule has 180 valence electrons. The Hall–Kier alpha value is -3.39. The largest absolute Gasteiger partial charge is 0.370 e. The molecule has 0 unspecified atom stereocenters. The van der Waals surface area contributed by atoms with E-state index in [0.29, 0.717) is 16.9 Å². The molecule has 9 heteroatoms. The predicted molar refractivity (Wildman–Crippen MR) is 132 cm³/mol. The standard InChI is InChI=1S/C19H24FN5O2.C6H5Cl/c20-14-9-5-4-8-13(14)16-17(19(27)22-11-10-15(21)26)24-25-18(16)23-12-6-2-1-3-7-12;7-6-4-2-1-3-5-6/h4-5,8-9,12H,1-3,6-7,10-11H2,(H2,21,26)(H,22,27)(H2,23,24,25);1-5H. The number of hydrogen-bond acceptors (Lipinski definition) is 4. The van der Waals surface area contributed by atoms with Crippen molar-refractivity contribution < 1.29 is 14.0 Å². The van der Waals surface area contributed by atoms with Gasteiger partial charge in [-0.05, 0) is 31.0 Å². The summed E-state index contributed by atoms with van der Waals surface area (Å²) in [7, 11) is 0. The zero-order chi connectivity index (χ0) is 24.3. The van der Waals surface area contributed by atoms with E-state index in [0.717, 1.165) is 30.7 Å². The van der Waals surface area contributed by atoms with Crippen LogP contribution in [-0.4, -0.2) is 34.6 Å². The van der Waals surface area contributed by atoms with Crippen molar-refractivity contribution in [2.24, 2.45) is 5.73 Å². The van der Waals surface area contributed by atoms with Crippen molar-refractivity contribution in [3.8, 4) is 11.1 Å². The molecule has 4 rings (SSSR count). The molecule has 0 bridgehead atoms. The highest BCUT2D eigenvalue weighted by molar-refractivity contribution is 6.30. The molecule has 1 heterocycles. The van der Waals surface area contributed by atoms with Crippen LogP contribution in [0.4, 0.5) is 10.2 Å². The molecule has 1 aliphatic carbocycles. The summed E-state index contributed by atoms with van der Waals surface area (Å²) in [4.78, 5) is 23.4. The third-order valence-electron chi connectivity index (χ3n) is 5.47. The molecule has 0 atom stereocenters. The Bertz CT molecular complexity index is 1080. The van der Waals surface area contributed by atoms with Gasteiger partial charge >= 0.3 is 0 Å². The van der Waals surface area contributed by atoms with Gasteiger partial charge in [0, 0.05) is 29.6 Å². The van der Waals surface area contributed by atoms with Gasteiger partial charge < -0.3 is 16.4 Å². The molecule has 2 aromatic carbocycles. The van der Waals surface area contributed by atoms with Gasteiger partial charge in [0.2, 0.25) is 5.91 Å². The summed E-state index contributed by atoms with van der Waals surface area (Å²) in [6.07, 6.45) is 5.55. The predicted octanol–water partition coefficient (Wildman–Crippen LogP) is 4.91. The zero-order valence-corrected chi connectivity index (χ0v) is 19.6. The molecule has 2 amide bonds. The lowest BCUT2D eigenvalue weighted by molar-refractivity contribution is -0.117. The van der Waals surface area contributed by atoms with Crippen LogP contribution in [0, 0.1) is 5.82 Å². The lowest BCUT2D eigenvalue weighted by Crippen LogP contribution is -2.28. The minimum Gasteiger partial charge on any atom is -0.370 e. The van der Waals surface area contributed by atoms with E-state index in [-0.39, 0.29) is 24.7 Å². The Balaban J connectivity index is 0.000000396. The fourth-order valence-electron chi connectivity index (χ4n) is 3.78. The number of halogens is 2. The number of benzene rings is 2. The summed E-state index contributed by atoms with van der Waals surface area (Å²) in [6.45, 7) is 0.106. The maximum Gasteiger partial charge on any atom is 0.270 e. The van der Waals surface area contributed by atoms with E-state index in [1.807, 2.05) is 30.3 Å². The van der Waals surface area contributed by atoms with Gasteiger partial charge in [0.1, 0.15) is 11.5 Å². The van der Waals surface area contributed by atoms with Crippen LogP contribution < -0.4 is 16.4 Å². The van der Waals surface area contributed by atoms with Gasteiger partial charge in [-0.2, -0.15) is 5.10 Å². The maximum absolute atomic E-state index is 14.5. The number of nitrogens with two attached hydrogens (primary N) is 1. The van der Waals surface area contributed by atoms with Crippen molar-refractivity contribution in [3.63, 3.8) is 0 Å². The molecule has 0 saturated heterocycles. The molecule has 1 fully saturated rings. The second-order valence-corrected chi connectivity index (χ2v) is 8.49. The average molecular weight is 486 g/mol. The highest BCUT2D eigenvalue weighted by atomic mass is 35.5. The van der Waals surface area contributed by atoms with Crippen LogP contribution in [0.1, 0.15) is 49.0 Å². The molecular formula is C25H29ClFN5O2. The minimum absolute atomic E-state index is 0.0299.